The Morgan fingerprint density at radius 3 is 2.21 bits per heavy atom. The monoisotopic (exact) mass is 411 g/mol. The van der Waals surface area contributed by atoms with Crippen LogP contribution in [0.4, 0.5) is 4.39 Å². The fourth-order valence-corrected chi connectivity index (χ4v) is 5.61. The minimum Gasteiger partial charge on any atom is -0.341 e. The van der Waals surface area contributed by atoms with Gasteiger partial charge < -0.3 is 4.90 Å². The average Bonchev–Trinajstić information content (AvgIpc) is 2.73. The second kappa shape index (κ2) is 8.88. The summed E-state index contributed by atoms with van der Waals surface area (Å²) in [6, 6.07) is 4.96. The zero-order chi connectivity index (χ0) is 20.3. The zero-order valence-corrected chi connectivity index (χ0v) is 17.5. The molecule has 8 heteroatoms. The highest BCUT2D eigenvalue weighted by atomic mass is 32.2. The molecule has 0 bridgehead atoms. The van der Waals surface area contributed by atoms with Gasteiger partial charge in [0.25, 0.3) is 0 Å². The van der Waals surface area contributed by atoms with E-state index >= 15 is 0 Å². The van der Waals surface area contributed by atoms with E-state index in [9.17, 15) is 17.6 Å². The predicted octanol–water partition coefficient (Wildman–Crippen LogP) is 2.31. The third-order valence-electron chi connectivity index (χ3n) is 6.10. The van der Waals surface area contributed by atoms with E-state index in [-0.39, 0.29) is 16.8 Å². The second-order valence-corrected chi connectivity index (χ2v) is 9.75. The van der Waals surface area contributed by atoms with Gasteiger partial charge in [0.1, 0.15) is 5.82 Å². The van der Waals surface area contributed by atoms with Crippen LogP contribution >= 0.6 is 0 Å². The molecule has 1 heterocycles. The summed E-state index contributed by atoms with van der Waals surface area (Å²) in [7, 11) is -1.74. The molecule has 1 saturated heterocycles. The summed E-state index contributed by atoms with van der Waals surface area (Å²) in [5.41, 5.74) is 0. The quantitative estimate of drug-likeness (QED) is 0.746. The van der Waals surface area contributed by atoms with E-state index in [2.05, 4.69) is 4.90 Å². The van der Waals surface area contributed by atoms with Crippen molar-refractivity contribution in [3.05, 3.63) is 30.1 Å². The van der Waals surface area contributed by atoms with Crippen LogP contribution in [0.3, 0.4) is 0 Å². The summed E-state index contributed by atoms with van der Waals surface area (Å²) in [6.07, 6.45) is 5.74. The number of halogens is 1. The number of rotatable bonds is 5. The van der Waals surface area contributed by atoms with Gasteiger partial charge in [-0.25, -0.2) is 12.8 Å². The van der Waals surface area contributed by atoms with Gasteiger partial charge in [0, 0.05) is 39.3 Å². The number of nitrogens with zero attached hydrogens (tertiary/aromatic N) is 3. The van der Waals surface area contributed by atoms with Crippen molar-refractivity contribution in [2.75, 3.05) is 33.2 Å². The number of likely N-dealkylation sites (N-methyl/N-ethyl adjacent to an activating group) is 1. The molecule has 1 amide bonds. The molecule has 1 atom stereocenters. The Labute approximate surface area is 167 Å². The number of hydrogen-bond donors (Lipinski definition) is 0. The summed E-state index contributed by atoms with van der Waals surface area (Å²) in [5, 5.41) is 0. The van der Waals surface area contributed by atoms with Crippen LogP contribution in [0.2, 0.25) is 0 Å². The van der Waals surface area contributed by atoms with Gasteiger partial charge in [0.15, 0.2) is 0 Å². The van der Waals surface area contributed by atoms with E-state index in [1.807, 2.05) is 18.9 Å². The molecule has 2 aliphatic rings. The van der Waals surface area contributed by atoms with E-state index in [1.54, 1.807) is 0 Å². The molecule has 0 N–H and O–H groups in total. The van der Waals surface area contributed by atoms with Gasteiger partial charge in [-0.2, -0.15) is 4.31 Å². The standard InChI is InChI=1S/C20H30FN3O3S/c1-16(20(25)22(2)18-6-4-3-5-7-18)23-12-14-24(15-13-23)28(26,27)19-10-8-17(21)9-11-19/h8-11,16,18H,3-7,12-15H2,1-2H3. The minimum absolute atomic E-state index is 0.100. The lowest BCUT2D eigenvalue weighted by molar-refractivity contribution is -0.138. The third-order valence-corrected chi connectivity index (χ3v) is 8.01. The Bertz CT molecular complexity index is 770. The fraction of sp³-hybridized carbons (Fsp3) is 0.650. The van der Waals surface area contributed by atoms with Crippen LogP contribution < -0.4 is 0 Å². The van der Waals surface area contributed by atoms with Crippen molar-refractivity contribution in [3.63, 3.8) is 0 Å². The van der Waals surface area contributed by atoms with Crippen molar-refractivity contribution in [2.45, 2.75) is 56.0 Å². The second-order valence-electron chi connectivity index (χ2n) is 7.81. The lowest BCUT2D eigenvalue weighted by atomic mass is 9.94. The number of amides is 1. The van der Waals surface area contributed by atoms with Gasteiger partial charge in [-0.1, -0.05) is 19.3 Å². The number of carbonyl (C=O) groups is 1. The Kier molecular flexibility index (Phi) is 6.73. The van der Waals surface area contributed by atoms with Gasteiger partial charge in [-0.05, 0) is 44.0 Å². The van der Waals surface area contributed by atoms with Gasteiger partial charge in [-0.3, -0.25) is 9.69 Å². The van der Waals surface area contributed by atoms with Crippen LogP contribution in [-0.4, -0.2) is 73.7 Å². The first kappa shape index (κ1) is 21.2. The maximum atomic E-state index is 13.1. The lowest BCUT2D eigenvalue weighted by Gasteiger charge is -2.39. The van der Waals surface area contributed by atoms with E-state index < -0.39 is 15.8 Å². The van der Waals surface area contributed by atoms with Crippen molar-refractivity contribution < 1.29 is 17.6 Å². The Hall–Kier alpha value is -1.51. The number of benzene rings is 1. The SMILES string of the molecule is CC(C(=O)N(C)C1CCCCC1)N1CCN(S(=O)(=O)c2ccc(F)cc2)CC1. The summed E-state index contributed by atoms with van der Waals surface area (Å²) in [4.78, 5) is 16.9. The molecular formula is C20H30FN3O3S. The van der Waals surface area contributed by atoms with Crippen molar-refractivity contribution in [2.24, 2.45) is 0 Å². The molecule has 1 saturated carbocycles. The van der Waals surface area contributed by atoms with Gasteiger partial charge in [0.05, 0.1) is 10.9 Å². The molecule has 28 heavy (non-hydrogen) atoms. The maximum absolute atomic E-state index is 13.1. The van der Waals surface area contributed by atoms with E-state index in [4.69, 9.17) is 0 Å². The molecular weight excluding hydrogens is 381 g/mol. The summed E-state index contributed by atoms with van der Waals surface area (Å²) < 4.78 is 40.0. The van der Waals surface area contributed by atoms with Crippen LogP contribution in [0.15, 0.2) is 29.2 Å². The van der Waals surface area contributed by atoms with E-state index in [0.717, 1.165) is 25.0 Å². The molecule has 2 fully saturated rings. The van der Waals surface area contributed by atoms with Crippen LogP contribution in [0, 0.1) is 5.82 Å². The Balaban J connectivity index is 1.58. The minimum atomic E-state index is -3.64. The Morgan fingerprint density at radius 2 is 1.64 bits per heavy atom. The third kappa shape index (κ3) is 4.55. The average molecular weight is 412 g/mol. The lowest BCUT2D eigenvalue weighted by Crippen LogP contribution is -2.56. The molecule has 0 radical (unpaired) electrons. The molecule has 1 aliphatic carbocycles. The van der Waals surface area contributed by atoms with Crippen molar-refractivity contribution in [1.82, 2.24) is 14.1 Å². The fourth-order valence-electron chi connectivity index (χ4n) is 4.19. The van der Waals surface area contributed by atoms with Gasteiger partial charge >= 0.3 is 0 Å². The molecule has 0 aromatic heterocycles. The first-order chi connectivity index (χ1) is 13.3. The number of piperazine rings is 1. The van der Waals surface area contributed by atoms with Crippen LogP contribution in [0.1, 0.15) is 39.0 Å². The Morgan fingerprint density at radius 1 is 1.07 bits per heavy atom. The van der Waals surface area contributed by atoms with Crippen LogP contribution in [0.5, 0.6) is 0 Å². The van der Waals surface area contributed by atoms with E-state index in [0.29, 0.717) is 32.2 Å². The topological polar surface area (TPSA) is 60.9 Å². The highest BCUT2D eigenvalue weighted by Crippen LogP contribution is 2.23. The molecule has 0 spiro atoms. The predicted molar refractivity (Wildman–Crippen MR) is 106 cm³/mol. The normalized spacial score (nSPS) is 21.4. The van der Waals surface area contributed by atoms with Crippen molar-refractivity contribution in [3.8, 4) is 0 Å². The maximum Gasteiger partial charge on any atom is 0.243 e. The zero-order valence-electron chi connectivity index (χ0n) is 16.7. The summed E-state index contributed by atoms with van der Waals surface area (Å²) in [5.74, 6) is -0.347. The molecule has 156 valence electrons. The highest BCUT2D eigenvalue weighted by molar-refractivity contribution is 7.89. The number of carbonyl (C=O) groups excluding carboxylic acids is 1. The molecule has 3 rings (SSSR count). The molecule has 1 aromatic carbocycles. The number of hydrogen-bond acceptors (Lipinski definition) is 4. The number of sulfonamides is 1. The largest absolute Gasteiger partial charge is 0.341 e. The van der Waals surface area contributed by atoms with Gasteiger partial charge in [0.2, 0.25) is 15.9 Å². The summed E-state index contributed by atoms with van der Waals surface area (Å²) in [6.45, 7) is 3.57. The van der Waals surface area contributed by atoms with Crippen molar-refractivity contribution >= 4 is 15.9 Å². The smallest absolute Gasteiger partial charge is 0.243 e. The van der Waals surface area contributed by atoms with Gasteiger partial charge in [-0.15, -0.1) is 0 Å². The molecule has 6 nitrogen and oxygen atoms in total. The highest BCUT2D eigenvalue weighted by Gasteiger charge is 2.34. The first-order valence-corrected chi connectivity index (χ1v) is 11.5. The van der Waals surface area contributed by atoms with Crippen LogP contribution in [0.25, 0.3) is 0 Å². The molecule has 1 unspecified atom stereocenters. The molecule has 1 aromatic rings. The first-order valence-electron chi connectivity index (χ1n) is 10.1. The van der Waals surface area contributed by atoms with Crippen LogP contribution in [-0.2, 0) is 14.8 Å². The van der Waals surface area contributed by atoms with E-state index in [1.165, 1.54) is 35.7 Å². The molecule has 1 aliphatic heterocycles. The summed E-state index contributed by atoms with van der Waals surface area (Å²) >= 11 is 0. The van der Waals surface area contributed by atoms with Crippen molar-refractivity contribution in [1.29, 1.82) is 0 Å².